The summed E-state index contributed by atoms with van der Waals surface area (Å²) < 4.78 is 4.95. The summed E-state index contributed by atoms with van der Waals surface area (Å²) in [4.78, 5) is 23.1. The van der Waals surface area contributed by atoms with Crippen molar-refractivity contribution in [3.8, 4) is 0 Å². The minimum absolute atomic E-state index is 0.208. The van der Waals surface area contributed by atoms with Gasteiger partial charge in [0, 0.05) is 19.0 Å². The Balaban J connectivity index is 0.000000929. The predicted octanol–water partition coefficient (Wildman–Crippen LogP) is 7.73. The van der Waals surface area contributed by atoms with Gasteiger partial charge in [0.2, 0.25) is 5.91 Å². The maximum Gasteiger partial charge on any atom is 0.330 e. The van der Waals surface area contributed by atoms with E-state index in [1.807, 2.05) is 0 Å². The van der Waals surface area contributed by atoms with Crippen LogP contribution in [0.25, 0.3) is 0 Å². The lowest BCUT2D eigenvalue weighted by Gasteiger charge is -2.05. The third-order valence-corrected chi connectivity index (χ3v) is 5.74. The number of carbonyl (C=O) groups excluding carboxylic acids is 2. The van der Waals surface area contributed by atoms with Crippen LogP contribution >= 0.6 is 0 Å². The Morgan fingerprint density at radius 1 is 0.839 bits per heavy atom. The first-order chi connectivity index (χ1) is 15.2. The lowest BCUT2D eigenvalue weighted by atomic mass is 10.0. The Morgan fingerprint density at radius 3 is 1.61 bits per heavy atom. The van der Waals surface area contributed by atoms with E-state index in [0.717, 1.165) is 19.4 Å². The Hall–Kier alpha value is -1.58. The molecule has 1 fully saturated rings. The van der Waals surface area contributed by atoms with Gasteiger partial charge in [0.15, 0.2) is 0 Å². The number of hydrogen-bond acceptors (Lipinski definition) is 3. The van der Waals surface area contributed by atoms with Crippen molar-refractivity contribution in [2.75, 3.05) is 13.2 Å². The second kappa shape index (κ2) is 23.1. The van der Waals surface area contributed by atoms with Crippen LogP contribution in [-0.2, 0) is 14.3 Å². The molecule has 1 aliphatic rings. The first-order valence-corrected chi connectivity index (χ1v) is 12.9. The summed E-state index contributed by atoms with van der Waals surface area (Å²) in [6, 6.07) is 0. The van der Waals surface area contributed by atoms with Crippen LogP contribution in [0.4, 0.5) is 0 Å². The van der Waals surface area contributed by atoms with Gasteiger partial charge in [-0.25, -0.2) is 4.79 Å². The number of amides is 1. The number of ether oxygens (including phenoxy) is 1. The molecule has 0 N–H and O–H groups in total. The van der Waals surface area contributed by atoms with Gasteiger partial charge in [-0.15, -0.1) is 0 Å². The number of esters is 1. The van der Waals surface area contributed by atoms with Gasteiger partial charge in [-0.05, 0) is 19.0 Å². The topological polar surface area (TPSA) is 46.6 Å². The smallest absolute Gasteiger partial charge is 0.330 e. The molecule has 0 bridgehead atoms. The van der Waals surface area contributed by atoms with E-state index in [9.17, 15) is 9.59 Å². The second-order valence-electron chi connectivity index (χ2n) is 8.55. The third kappa shape index (κ3) is 20.1. The molecule has 180 valence electrons. The molecule has 1 saturated heterocycles. The Kier molecular flexibility index (Phi) is 21.9. The van der Waals surface area contributed by atoms with Gasteiger partial charge in [0.25, 0.3) is 0 Å². The maximum absolute atomic E-state index is 10.8. The molecule has 0 aromatic rings. The van der Waals surface area contributed by atoms with Crippen LogP contribution in [0, 0.1) is 0 Å². The molecule has 1 rings (SSSR count). The van der Waals surface area contributed by atoms with Crippen LogP contribution in [0.3, 0.4) is 0 Å². The molecule has 0 aromatic carbocycles. The monoisotopic (exact) mass is 435 g/mol. The Labute approximate surface area is 192 Å². The van der Waals surface area contributed by atoms with E-state index >= 15 is 0 Å². The molecular weight excluding hydrogens is 386 g/mol. The lowest BCUT2D eigenvalue weighted by Crippen LogP contribution is -2.16. The molecular formula is C27H49NO3. The average molecular weight is 436 g/mol. The second-order valence-corrected chi connectivity index (χ2v) is 8.55. The van der Waals surface area contributed by atoms with Crippen molar-refractivity contribution >= 4 is 11.9 Å². The van der Waals surface area contributed by atoms with E-state index in [-0.39, 0.29) is 11.9 Å². The fourth-order valence-electron chi connectivity index (χ4n) is 3.74. The zero-order valence-electron chi connectivity index (χ0n) is 20.4. The van der Waals surface area contributed by atoms with Gasteiger partial charge in [0.1, 0.15) is 0 Å². The molecule has 4 heteroatoms. The minimum Gasteiger partial charge on any atom is -0.463 e. The van der Waals surface area contributed by atoms with Gasteiger partial charge >= 0.3 is 5.97 Å². The van der Waals surface area contributed by atoms with E-state index < -0.39 is 0 Å². The normalized spacial score (nSPS) is 12.9. The maximum atomic E-state index is 10.8. The van der Waals surface area contributed by atoms with E-state index in [1.54, 1.807) is 11.1 Å². The highest BCUT2D eigenvalue weighted by Gasteiger charge is 2.16. The fraction of sp³-hybridized carbons (Fsp3) is 0.778. The molecule has 0 atom stereocenters. The van der Waals surface area contributed by atoms with E-state index in [1.165, 1.54) is 102 Å². The van der Waals surface area contributed by atoms with Crippen LogP contribution in [0.15, 0.2) is 25.4 Å². The zero-order valence-corrected chi connectivity index (χ0v) is 20.4. The summed E-state index contributed by atoms with van der Waals surface area (Å²) in [6.07, 6.45) is 26.3. The molecule has 0 radical (unpaired) electrons. The third-order valence-electron chi connectivity index (χ3n) is 5.74. The molecule has 1 heterocycles. The highest BCUT2D eigenvalue weighted by atomic mass is 16.5. The highest BCUT2D eigenvalue weighted by Crippen LogP contribution is 2.13. The van der Waals surface area contributed by atoms with Crippen molar-refractivity contribution in [1.29, 1.82) is 0 Å². The predicted molar refractivity (Wildman–Crippen MR) is 132 cm³/mol. The van der Waals surface area contributed by atoms with E-state index in [4.69, 9.17) is 4.74 Å². The van der Waals surface area contributed by atoms with Gasteiger partial charge < -0.3 is 9.64 Å². The summed E-state index contributed by atoms with van der Waals surface area (Å²) >= 11 is 0. The number of nitrogens with zero attached hydrogens (tertiary/aromatic N) is 1. The molecule has 0 aliphatic carbocycles. The first kappa shape index (κ1) is 29.4. The summed E-state index contributed by atoms with van der Waals surface area (Å²) in [5.41, 5.74) is 0. The number of likely N-dealkylation sites (tertiary alicyclic amines) is 1. The number of unbranched alkanes of at least 4 members (excludes halogenated alkanes) is 15. The van der Waals surface area contributed by atoms with Gasteiger partial charge in [-0.3, -0.25) is 4.79 Å². The van der Waals surface area contributed by atoms with Crippen LogP contribution in [0.5, 0.6) is 0 Å². The SMILES string of the molecule is C=CC(=O)OCCCCCCCCCCCCCCCCCC.C=CN1CCCC1=O. The van der Waals surface area contributed by atoms with Crippen LogP contribution in [0.2, 0.25) is 0 Å². The minimum atomic E-state index is -0.300. The largest absolute Gasteiger partial charge is 0.463 e. The summed E-state index contributed by atoms with van der Waals surface area (Å²) in [5.74, 6) is -0.0917. The number of hydrogen-bond donors (Lipinski definition) is 0. The summed E-state index contributed by atoms with van der Waals surface area (Å²) in [5, 5.41) is 0. The highest BCUT2D eigenvalue weighted by molar-refractivity contribution is 5.81. The van der Waals surface area contributed by atoms with Gasteiger partial charge in [-0.2, -0.15) is 0 Å². The van der Waals surface area contributed by atoms with Gasteiger partial charge in [-0.1, -0.05) is 116 Å². The summed E-state index contributed by atoms with van der Waals surface area (Å²) in [7, 11) is 0. The van der Waals surface area contributed by atoms with Gasteiger partial charge in [0.05, 0.1) is 6.61 Å². The molecule has 0 saturated carbocycles. The van der Waals surface area contributed by atoms with Crippen LogP contribution < -0.4 is 0 Å². The lowest BCUT2D eigenvalue weighted by molar-refractivity contribution is -0.137. The molecule has 31 heavy (non-hydrogen) atoms. The molecule has 0 unspecified atom stereocenters. The Morgan fingerprint density at radius 2 is 1.29 bits per heavy atom. The summed E-state index contributed by atoms with van der Waals surface area (Å²) in [6.45, 7) is 10.6. The molecule has 0 aromatic heterocycles. The Bertz CT molecular complexity index is 461. The molecule has 1 amide bonds. The van der Waals surface area contributed by atoms with Crippen molar-refractivity contribution in [2.45, 2.75) is 122 Å². The number of carbonyl (C=O) groups is 2. The van der Waals surface area contributed by atoms with Crippen LogP contribution in [-0.4, -0.2) is 29.9 Å². The van der Waals surface area contributed by atoms with E-state index in [2.05, 4.69) is 20.1 Å². The first-order valence-electron chi connectivity index (χ1n) is 12.9. The zero-order chi connectivity index (χ0) is 23.0. The average Bonchev–Trinajstić information content (AvgIpc) is 3.21. The standard InChI is InChI=1S/C21H40O2.C6H9NO/c1-3-5-6-7-8-9-10-11-12-13-14-15-16-17-18-19-20-23-21(22)4-2;1-2-7-5-3-4-6(7)8/h4H,2-3,5-20H2,1H3;2H,1,3-5H2. The van der Waals surface area contributed by atoms with E-state index in [0.29, 0.717) is 13.0 Å². The van der Waals surface area contributed by atoms with Crippen molar-refractivity contribution in [2.24, 2.45) is 0 Å². The molecule has 0 spiro atoms. The quantitative estimate of drug-likeness (QED) is 0.118. The van der Waals surface area contributed by atoms with Crippen molar-refractivity contribution < 1.29 is 14.3 Å². The van der Waals surface area contributed by atoms with Crippen LogP contribution in [0.1, 0.15) is 122 Å². The van der Waals surface area contributed by atoms with Crippen molar-refractivity contribution in [3.63, 3.8) is 0 Å². The molecule has 1 aliphatic heterocycles. The molecule has 4 nitrogen and oxygen atoms in total. The number of rotatable bonds is 19. The van der Waals surface area contributed by atoms with Crippen molar-refractivity contribution in [3.05, 3.63) is 25.4 Å². The van der Waals surface area contributed by atoms with Crippen molar-refractivity contribution in [1.82, 2.24) is 4.90 Å². The fourth-order valence-corrected chi connectivity index (χ4v) is 3.74.